The molecule has 1 aliphatic rings. The Hall–Kier alpha value is -2.50. The van der Waals surface area contributed by atoms with Crippen LogP contribution < -0.4 is 5.32 Å². The zero-order chi connectivity index (χ0) is 20.1. The van der Waals surface area contributed by atoms with Gasteiger partial charge in [0, 0.05) is 6.54 Å². The molecule has 1 atom stereocenters. The second-order valence-corrected chi connectivity index (χ2v) is 8.71. The standard InChI is InChI=1S/C24H27N3OS/c1-18-26-22(23(29-18)20-13-7-3-8-14-20)24(28)25-17-21(19-11-5-2-6-12-19)27-15-9-4-10-16-27/h2-3,5-8,11-14,21H,4,9-10,15-17H2,1H3,(H,25,28). The summed E-state index contributed by atoms with van der Waals surface area (Å²) in [7, 11) is 0. The Labute approximate surface area is 176 Å². The zero-order valence-electron chi connectivity index (χ0n) is 16.8. The van der Waals surface area contributed by atoms with Crippen molar-refractivity contribution in [2.45, 2.75) is 32.2 Å². The molecule has 0 aliphatic carbocycles. The second-order valence-electron chi connectivity index (χ2n) is 7.51. The van der Waals surface area contributed by atoms with E-state index in [1.165, 1.54) is 24.8 Å². The summed E-state index contributed by atoms with van der Waals surface area (Å²) in [6.45, 7) is 4.71. The summed E-state index contributed by atoms with van der Waals surface area (Å²) in [4.78, 5) is 21.1. The first-order valence-corrected chi connectivity index (χ1v) is 11.1. The summed E-state index contributed by atoms with van der Waals surface area (Å²) in [6, 6.07) is 20.7. The Balaban J connectivity index is 1.53. The summed E-state index contributed by atoms with van der Waals surface area (Å²) < 4.78 is 0. The highest BCUT2D eigenvalue weighted by Crippen LogP contribution is 2.30. The van der Waals surface area contributed by atoms with E-state index in [-0.39, 0.29) is 11.9 Å². The lowest BCUT2D eigenvalue weighted by Crippen LogP contribution is -2.40. The molecule has 5 heteroatoms. The van der Waals surface area contributed by atoms with E-state index >= 15 is 0 Å². The molecule has 3 aromatic rings. The SMILES string of the molecule is Cc1nc(C(=O)NCC(c2ccccc2)N2CCCCC2)c(-c2ccccc2)s1. The molecule has 1 N–H and O–H groups in total. The number of nitrogens with zero attached hydrogens (tertiary/aromatic N) is 2. The Kier molecular flexibility index (Phi) is 6.37. The van der Waals surface area contributed by atoms with Gasteiger partial charge in [0.25, 0.3) is 5.91 Å². The van der Waals surface area contributed by atoms with Gasteiger partial charge in [0.15, 0.2) is 0 Å². The van der Waals surface area contributed by atoms with Crippen molar-refractivity contribution in [3.05, 3.63) is 76.9 Å². The van der Waals surface area contributed by atoms with Crippen LogP contribution in [0.2, 0.25) is 0 Å². The third kappa shape index (κ3) is 4.74. The molecule has 1 unspecified atom stereocenters. The summed E-state index contributed by atoms with van der Waals surface area (Å²) in [5, 5.41) is 4.09. The van der Waals surface area contributed by atoms with E-state index in [0.29, 0.717) is 12.2 Å². The number of amides is 1. The lowest BCUT2D eigenvalue weighted by atomic mass is 10.0. The molecule has 4 nitrogen and oxygen atoms in total. The van der Waals surface area contributed by atoms with Gasteiger partial charge in [-0.15, -0.1) is 11.3 Å². The molecule has 1 saturated heterocycles. The summed E-state index contributed by atoms with van der Waals surface area (Å²) >= 11 is 1.57. The number of aryl methyl sites for hydroxylation is 1. The quantitative estimate of drug-likeness (QED) is 0.622. The molecule has 1 aromatic heterocycles. The highest BCUT2D eigenvalue weighted by Gasteiger charge is 2.24. The summed E-state index contributed by atoms with van der Waals surface area (Å²) in [5.41, 5.74) is 2.83. The van der Waals surface area contributed by atoms with Crippen molar-refractivity contribution in [1.82, 2.24) is 15.2 Å². The number of benzene rings is 2. The molecule has 29 heavy (non-hydrogen) atoms. The average Bonchev–Trinajstić information content (AvgIpc) is 3.18. The van der Waals surface area contributed by atoms with Crippen LogP contribution in [0.4, 0.5) is 0 Å². The number of carbonyl (C=O) groups excluding carboxylic acids is 1. The first-order chi connectivity index (χ1) is 14.2. The van der Waals surface area contributed by atoms with Gasteiger partial charge >= 0.3 is 0 Å². The number of likely N-dealkylation sites (tertiary alicyclic amines) is 1. The molecule has 1 fully saturated rings. The third-order valence-corrected chi connectivity index (χ3v) is 6.48. The van der Waals surface area contributed by atoms with E-state index < -0.39 is 0 Å². The molecular weight excluding hydrogens is 378 g/mol. The maximum Gasteiger partial charge on any atom is 0.271 e. The molecule has 0 saturated carbocycles. The van der Waals surface area contributed by atoms with Gasteiger partial charge in [-0.3, -0.25) is 9.69 Å². The first kappa shape index (κ1) is 19.8. The number of nitrogens with one attached hydrogen (secondary N) is 1. The van der Waals surface area contributed by atoms with Crippen molar-refractivity contribution in [1.29, 1.82) is 0 Å². The van der Waals surface area contributed by atoms with Crippen LogP contribution in [-0.4, -0.2) is 35.4 Å². The molecule has 4 rings (SSSR count). The van der Waals surface area contributed by atoms with Gasteiger partial charge in [0.2, 0.25) is 0 Å². The van der Waals surface area contributed by atoms with Gasteiger partial charge in [-0.05, 0) is 44.0 Å². The Bertz CT molecular complexity index is 933. The lowest BCUT2D eigenvalue weighted by Gasteiger charge is -2.35. The highest BCUT2D eigenvalue weighted by molar-refractivity contribution is 7.15. The number of hydrogen-bond donors (Lipinski definition) is 1. The van der Waals surface area contributed by atoms with Crippen LogP contribution in [0.15, 0.2) is 60.7 Å². The van der Waals surface area contributed by atoms with Crippen molar-refractivity contribution in [3.8, 4) is 10.4 Å². The molecule has 1 amide bonds. The number of hydrogen-bond acceptors (Lipinski definition) is 4. The van der Waals surface area contributed by atoms with Crippen LogP contribution in [0.1, 0.15) is 46.4 Å². The van der Waals surface area contributed by atoms with Crippen molar-refractivity contribution in [2.75, 3.05) is 19.6 Å². The minimum atomic E-state index is -0.0915. The van der Waals surface area contributed by atoms with Crippen LogP contribution in [0.5, 0.6) is 0 Å². The molecule has 2 aromatic carbocycles. The van der Waals surface area contributed by atoms with Crippen LogP contribution >= 0.6 is 11.3 Å². The van der Waals surface area contributed by atoms with E-state index in [9.17, 15) is 4.79 Å². The minimum absolute atomic E-state index is 0.0915. The van der Waals surface area contributed by atoms with Gasteiger partial charge in [-0.1, -0.05) is 67.1 Å². The molecule has 0 bridgehead atoms. The number of carbonyl (C=O) groups is 1. The smallest absolute Gasteiger partial charge is 0.271 e. The van der Waals surface area contributed by atoms with E-state index in [0.717, 1.165) is 28.5 Å². The predicted octanol–water partition coefficient (Wildman–Crippen LogP) is 5.08. The Morgan fingerprint density at radius 2 is 1.69 bits per heavy atom. The number of rotatable bonds is 6. The van der Waals surface area contributed by atoms with Crippen molar-refractivity contribution >= 4 is 17.2 Å². The van der Waals surface area contributed by atoms with E-state index in [1.807, 2.05) is 43.3 Å². The molecule has 0 radical (unpaired) electrons. The topological polar surface area (TPSA) is 45.2 Å². The zero-order valence-corrected chi connectivity index (χ0v) is 17.6. The van der Waals surface area contributed by atoms with Crippen molar-refractivity contribution < 1.29 is 4.79 Å². The summed E-state index contributed by atoms with van der Waals surface area (Å²) in [5.74, 6) is -0.0915. The monoisotopic (exact) mass is 405 g/mol. The normalized spacial score (nSPS) is 15.8. The van der Waals surface area contributed by atoms with Gasteiger partial charge in [0.05, 0.1) is 15.9 Å². The fourth-order valence-electron chi connectivity index (χ4n) is 4.00. The maximum atomic E-state index is 13.1. The van der Waals surface area contributed by atoms with Gasteiger partial charge in [-0.25, -0.2) is 4.98 Å². The molecule has 150 valence electrons. The van der Waals surface area contributed by atoms with Crippen molar-refractivity contribution in [2.24, 2.45) is 0 Å². The fourth-order valence-corrected chi connectivity index (χ4v) is 4.92. The molecular formula is C24H27N3OS. The van der Waals surface area contributed by atoms with Crippen LogP contribution in [0.25, 0.3) is 10.4 Å². The largest absolute Gasteiger partial charge is 0.349 e. The van der Waals surface area contributed by atoms with E-state index in [4.69, 9.17) is 0 Å². The molecule has 2 heterocycles. The summed E-state index contributed by atoms with van der Waals surface area (Å²) in [6.07, 6.45) is 3.74. The Morgan fingerprint density at radius 1 is 1.03 bits per heavy atom. The van der Waals surface area contributed by atoms with Crippen LogP contribution in [0.3, 0.4) is 0 Å². The molecule has 1 aliphatic heterocycles. The van der Waals surface area contributed by atoms with Gasteiger partial charge in [-0.2, -0.15) is 0 Å². The van der Waals surface area contributed by atoms with E-state index in [2.05, 4.69) is 39.5 Å². The van der Waals surface area contributed by atoms with Gasteiger partial charge < -0.3 is 5.32 Å². The first-order valence-electron chi connectivity index (χ1n) is 10.3. The number of aromatic nitrogens is 1. The fraction of sp³-hybridized carbons (Fsp3) is 0.333. The van der Waals surface area contributed by atoms with Crippen molar-refractivity contribution in [3.63, 3.8) is 0 Å². The van der Waals surface area contributed by atoms with Crippen LogP contribution in [0, 0.1) is 6.92 Å². The second kappa shape index (κ2) is 9.33. The average molecular weight is 406 g/mol. The number of thiazole rings is 1. The third-order valence-electron chi connectivity index (χ3n) is 5.46. The predicted molar refractivity (Wildman–Crippen MR) is 119 cm³/mol. The number of piperidine rings is 1. The Morgan fingerprint density at radius 3 is 2.38 bits per heavy atom. The molecule has 0 spiro atoms. The van der Waals surface area contributed by atoms with Gasteiger partial charge in [0.1, 0.15) is 5.69 Å². The minimum Gasteiger partial charge on any atom is -0.349 e. The maximum absolute atomic E-state index is 13.1. The highest BCUT2D eigenvalue weighted by atomic mass is 32.1. The van der Waals surface area contributed by atoms with Crippen LogP contribution in [-0.2, 0) is 0 Å². The lowest BCUT2D eigenvalue weighted by molar-refractivity contribution is 0.0920. The van der Waals surface area contributed by atoms with E-state index in [1.54, 1.807) is 11.3 Å².